The number of methoxy groups -OCH3 is 1. The fraction of sp³-hybridized carbons (Fsp3) is 0.474. The molecule has 1 aromatic carbocycles. The first-order valence-electron chi connectivity index (χ1n) is 9.01. The average molecular weight is 409 g/mol. The summed E-state index contributed by atoms with van der Waals surface area (Å²) < 4.78 is 29.0. The minimum Gasteiger partial charge on any atom is -0.368 e. The van der Waals surface area contributed by atoms with Gasteiger partial charge in [-0.05, 0) is 30.0 Å². The fourth-order valence-corrected chi connectivity index (χ4v) is 5.11. The number of amides is 1. The number of hydrogen-bond donors (Lipinski definition) is 1. The van der Waals surface area contributed by atoms with Crippen molar-refractivity contribution in [3.63, 3.8) is 0 Å². The predicted molar refractivity (Wildman–Crippen MR) is 106 cm³/mol. The molecule has 1 heterocycles. The van der Waals surface area contributed by atoms with Crippen molar-refractivity contribution in [2.45, 2.75) is 42.9 Å². The number of aromatic nitrogens is 1. The molecule has 0 radical (unpaired) electrons. The van der Waals surface area contributed by atoms with Gasteiger partial charge in [0.05, 0.1) is 10.8 Å². The van der Waals surface area contributed by atoms with E-state index in [9.17, 15) is 13.2 Å². The van der Waals surface area contributed by atoms with Crippen molar-refractivity contribution < 1.29 is 17.9 Å². The van der Waals surface area contributed by atoms with E-state index in [2.05, 4.69) is 10.3 Å². The number of rotatable bonds is 8. The third-order valence-corrected chi connectivity index (χ3v) is 7.16. The molecule has 1 atom stereocenters. The second-order valence-electron chi connectivity index (χ2n) is 6.86. The van der Waals surface area contributed by atoms with E-state index in [0.717, 1.165) is 24.8 Å². The Kier molecular flexibility index (Phi) is 6.62. The van der Waals surface area contributed by atoms with Crippen LogP contribution in [0.15, 0.2) is 40.7 Å². The van der Waals surface area contributed by atoms with Crippen LogP contribution in [0, 0.1) is 5.92 Å². The van der Waals surface area contributed by atoms with Crippen molar-refractivity contribution in [1.82, 2.24) is 4.98 Å². The third kappa shape index (κ3) is 5.15. The first kappa shape index (κ1) is 20.0. The minimum absolute atomic E-state index is 0.0932. The lowest BCUT2D eigenvalue weighted by Crippen LogP contribution is -2.23. The molecule has 3 rings (SSSR count). The summed E-state index contributed by atoms with van der Waals surface area (Å²) in [5.41, 5.74) is 0.826. The van der Waals surface area contributed by atoms with Crippen LogP contribution in [0.25, 0.3) is 0 Å². The maximum atomic E-state index is 12.9. The Morgan fingerprint density at radius 1 is 1.30 bits per heavy atom. The Balaban J connectivity index is 1.81. The predicted octanol–water partition coefficient (Wildman–Crippen LogP) is 3.82. The summed E-state index contributed by atoms with van der Waals surface area (Å²) in [7, 11) is -2.11. The van der Waals surface area contributed by atoms with Crippen molar-refractivity contribution in [3.8, 4) is 0 Å². The number of carbonyl (C=O) groups is 1. The standard InChI is InChI=1S/C19H24N2O4S2/c1-25-13-27(23,24)16-8-6-15(7-9-16)17(12-14-4-2-3-5-14)18(22)21-19-20-10-11-26-19/h6-11,14,17H,2-5,12-13H2,1H3,(H,20,21,22). The van der Waals surface area contributed by atoms with E-state index in [1.54, 1.807) is 30.5 Å². The zero-order valence-electron chi connectivity index (χ0n) is 15.3. The summed E-state index contributed by atoms with van der Waals surface area (Å²) in [4.78, 5) is 17.2. The average Bonchev–Trinajstić information content (AvgIpc) is 3.33. The second-order valence-corrected chi connectivity index (χ2v) is 9.69. The molecule has 146 valence electrons. The lowest BCUT2D eigenvalue weighted by atomic mass is 9.87. The van der Waals surface area contributed by atoms with Gasteiger partial charge in [-0.15, -0.1) is 11.3 Å². The second kappa shape index (κ2) is 8.95. The fourth-order valence-electron chi connectivity index (χ4n) is 3.58. The first-order chi connectivity index (χ1) is 13.0. The molecule has 2 aromatic rings. The Morgan fingerprint density at radius 2 is 2.00 bits per heavy atom. The Labute approximate surface area is 163 Å². The Hall–Kier alpha value is -1.77. The largest absolute Gasteiger partial charge is 0.368 e. The summed E-state index contributed by atoms with van der Waals surface area (Å²) in [6.07, 6.45) is 7.12. The molecule has 27 heavy (non-hydrogen) atoms. The van der Waals surface area contributed by atoms with Gasteiger partial charge in [0.2, 0.25) is 15.7 Å². The molecule has 0 aliphatic heterocycles. The van der Waals surface area contributed by atoms with Gasteiger partial charge in [-0.1, -0.05) is 37.8 Å². The molecule has 1 N–H and O–H groups in total. The summed E-state index contributed by atoms with van der Waals surface area (Å²) in [6.45, 7) is 0. The first-order valence-corrected chi connectivity index (χ1v) is 11.5. The maximum absolute atomic E-state index is 12.9. The zero-order chi connectivity index (χ0) is 19.3. The number of ether oxygens (including phenoxy) is 1. The number of anilines is 1. The molecule has 0 saturated heterocycles. The van der Waals surface area contributed by atoms with Crippen molar-refractivity contribution >= 4 is 32.2 Å². The number of thiazole rings is 1. The number of nitrogens with one attached hydrogen (secondary N) is 1. The smallest absolute Gasteiger partial charge is 0.233 e. The summed E-state index contributed by atoms with van der Waals surface area (Å²) in [5.74, 6) is -0.253. The molecule has 1 unspecified atom stereocenters. The topological polar surface area (TPSA) is 85.4 Å². The van der Waals surface area contributed by atoms with Crippen LogP contribution < -0.4 is 5.32 Å². The molecule has 0 bridgehead atoms. The van der Waals surface area contributed by atoms with Gasteiger partial charge in [-0.2, -0.15) is 0 Å². The van der Waals surface area contributed by atoms with E-state index in [1.807, 2.05) is 5.38 Å². The third-order valence-electron chi connectivity index (χ3n) is 4.94. The van der Waals surface area contributed by atoms with Gasteiger partial charge < -0.3 is 10.1 Å². The highest BCUT2D eigenvalue weighted by Gasteiger charge is 2.27. The molecule has 1 aliphatic rings. The van der Waals surface area contributed by atoms with Gasteiger partial charge in [-0.25, -0.2) is 13.4 Å². The monoisotopic (exact) mass is 408 g/mol. The maximum Gasteiger partial charge on any atom is 0.233 e. The molecule has 1 aromatic heterocycles. The number of sulfone groups is 1. The van der Waals surface area contributed by atoms with Crippen molar-refractivity contribution in [1.29, 1.82) is 0 Å². The van der Waals surface area contributed by atoms with E-state index in [0.29, 0.717) is 11.0 Å². The van der Waals surface area contributed by atoms with Gasteiger partial charge in [0.25, 0.3) is 0 Å². The van der Waals surface area contributed by atoms with Crippen LogP contribution in [0.3, 0.4) is 0 Å². The van der Waals surface area contributed by atoms with Gasteiger partial charge in [0.15, 0.2) is 11.1 Å². The van der Waals surface area contributed by atoms with E-state index < -0.39 is 9.84 Å². The highest BCUT2D eigenvalue weighted by atomic mass is 32.2. The lowest BCUT2D eigenvalue weighted by Gasteiger charge is -2.20. The van der Waals surface area contributed by atoms with Gasteiger partial charge in [0, 0.05) is 18.7 Å². The van der Waals surface area contributed by atoms with E-state index >= 15 is 0 Å². The van der Waals surface area contributed by atoms with Crippen LogP contribution in [-0.2, 0) is 19.4 Å². The van der Waals surface area contributed by atoms with Gasteiger partial charge >= 0.3 is 0 Å². The van der Waals surface area contributed by atoms with Crippen molar-refractivity contribution in [2.24, 2.45) is 5.92 Å². The highest BCUT2D eigenvalue weighted by Crippen LogP contribution is 2.35. The molecule has 1 amide bonds. The molecule has 1 aliphatic carbocycles. The quantitative estimate of drug-likeness (QED) is 0.718. The van der Waals surface area contributed by atoms with Crippen LogP contribution in [0.2, 0.25) is 0 Å². The molecule has 6 nitrogen and oxygen atoms in total. The van der Waals surface area contributed by atoms with Gasteiger partial charge in [-0.3, -0.25) is 4.79 Å². The molecule has 0 spiro atoms. The van der Waals surface area contributed by atoms with Crippen molar-refractivity contribution in [3.05, 3.63) is 41.4 Å². The van der Waals surface area contributed by atoms with Crippen LogP contribution in [0.4, 0.5) is 5.13 Å². The van der Waals surface area contributed by atoms with Crippen LogP contribution in [0.5, 0.6) is 0 Å². The van der Waals surface area contributed by atoms with E-state index in [-0.39, 0.29) is 22.7 Å². The normalized spacial score (nSPS) is 16.3. The SMILES string of the molecule is COCS(=O)(=O)c1ccc(C(CC2CCCC2)C(=O)Nc2nccs2)cc1. The highest BCUT2D eigenvalue weighted by molar-refractivity contribution is 7.91. The van der Waals surface area contributed by atoms with E-state index in [1.165, 1.54) is 31.3 Å². The Morgan fingerprint density at radius 3 is 2.59 bits per heavy atom. The van der Waals surface area contributed by atoms with E-state index in [4.69, 9.17) is 4.74 Å². The Bertz CT molecular complexity index is 842. The summed E-state index contributed by atoms with van der Waals surface area (Å²) in [6, 6.07) is 6.59. The lowest BCUT2D eigenvalue weighted by molar-refractivity contribution is -0.118. The zero-order valence-corrected chi connectivity index (χ0v) is 16.9. The summed E-state index contributed by atoms with van der Waals surface area (Å²) in [5, 5.41) is 5.29. The van der Waals surface area contributed by atoms with Crippen molar-refractivity contribution in [2.75, 3.05) is 18.4 Å². The number of nitrogens with zero attached hydrogens (tertiary/aromatic N) is 1. The number of carbonyl (C=O) groups excluding carboxylic acids is 1. The molecule has 1 fully saturated rings. The van der Waals surface area contributed by atoms with Gasteiger partial charge in [0.1, 0.15) is 0 Å². The number of benzene rings is 1. The van der Waals surface area contributed by atoms with Crippen LogP contribution >= 0.6 is 11.3 Å². The molecular weight excluding hydrogens is 384 g/mol. The summed E-state index contributed by atoms with van der Waals surface area (Å²) >= 11 is 1.38. The number of hydrogen-bond acceptors (Lipinski definition) is 6. The molecule has 1 saturated carbocycles. The molecule has 8 heteroatoms. The van der Waals surface area contributed by atoms with Crippen LogP contribution in [0.1, 0.15) is 43.6 Å². The molecular formula is C19H24N2O4S2. The van der Waals surface area contributed by atoms with Crippen LogP contribution in [-0.4, -0.2) is 32.4 Å². The minimum atomic E-state index is -3.47.